The van der Waals surface area contributed by atoms with Crippen LogP contribution in [0.5, 0.6) is 0 Å². The van der Waals surface area contributed by atoms with Gasteiger partial charge < -0.3 is 15.8 Å². The summed E-state index contributed by atoms with van der Waals surface area (Å²) in [4.78, 5) is 26.6. The van der Waals surface area contributed by atoms with Crippen LogP contribution in [0, 0.1) is 6.92 Å². The van der Waals surface area contributed by atoms with E-state index in [-0.39, 0.29) is 12.5 Å². The van der Waals surface area contributed by atoms with Crippen LogP contribution >= 0.6 is 0 Å². The molecule has 4 aromatic rings. The number of anilines is 2. The molecule has 4 rings (SSSR count). The van der Waals surface area contributed by atoms with Gasteiger partial charge in [-0.05, 0) is 60.5 Å². The Morgan fingerprint density at radius 2 is 2.00 bits per heavy atom. The van der Waals surface area contributed by atoms with Crippen molar-refractivity contribution in [3.05, 3.63) is 96.4 Å². The first-order valence-electron chi connectivity index (χ1n) is 11.1. The van der Waals surface area contributed by atoms with Crippen LogP contribution in [0.3, 0.4) is 0 Å². The van der Waals surface area contributed by atoms with Crippen LogP contribution in [0.2, 0.25) is 0 Å². The van der Waals surface area contributed by atoms with Crippen molar-refractivity contribution in [3.8, 4) is 11.3 Å². The number of nitrogens with one attached hydrogen (secondary N) is 2. The molecule has 0 spiro atoms. The summed E-state index contributed by atoms with van der Waals surface area (Å²) >= 11 is 0. The Morgan fingerprint density at radius 3 is 2.83 bits per heavy atom. The molecule has 4 N–H and O–H groups in total. The lowest BCUT2D eigenvalue weighted by Gasteiger charge is -2.12. The number of nitrogens with zero attached hydrogens (tertiary/aromatic N) is 2. The summed E-state index contributed by atoms with van der Waals surface area (Å²) in [6.07, 6.45) is 3.10. The number of amides is 1. The average Bonchev–Trinajstić information content (AvgIpc) is 2.87. The van der Waals surface area contributed by atoms with Crippen LogP contribution in [-0.2, 0) is 16.1 Å². The maximum absolute atomic E-state index is 12.4. The third kappa shape index (κ3) is 5.93. The first-order chi connectivity index (χ1) is 17.0. The second-order valence-corrected chi connectivity index (χ2v) is 7.87. The minimum atomic E-state index is -0.328. The van der Waals surface area contributed by atoms with E-state index in [1.54, 1.807) is 12.3 Å². The molecule has 8 heteroatoms. The molecule has 0 aliphatic heterocycles. The molecule has 0 radical (unpaired) electrons. The Balaban J connectivity index is 1.44. The first kappa shape index (κ1) is 23.7. The Hall–Kier alpha value is -4.43. The highest BCUT2D eigenvalue weighted by atomic mass is 16.7. The fourth-order valence-electron chi connectivity index (χ4n) is 3.62. The van der Waals surface area contributed by atoms with E-state index < -0.39 is 0 Å². The Labute approximate surface area is 203 Å². The highest BCUT2D eigenvalue weighted by Crippen LogP contribution is 2.26. The van der Waals surface area contributed by atoms with E-state index in [1.807, 2.05) is 55.5 Å². The number of aromatic nitrogens is 2. The number of hydrogen-bond donors (Lipinski definition) is 3. The predicted octanol–water partition coefficient (Wildman–Crippen LogP) is 4.62. The van der Waals surface area contributed by atoms with Crippen molar-refractivity contribution in [2.45, 2.75) is 13.5 Å². The minimum Gasteiger partial charge on any atom is -0.499 e. The second kappa shape index (κ2) is 11.1. The Bertz CT molecular complexity index is 1360. The number of hydrogen-bond acceptors (Lipinski definition) is 7. The lowest BCUT2D eigenvalue weighted by molar-refractivity contribution is 0.0144. The third-order valence-corrected chi connectivity index (χ3v) is 5.41. The molecule has 0 atom stereocenters. The molecule has 1 amide bonds. The number of nitrogen functional groups attached to an aromatic ring is 1. The number of carbonyl (C=O) groups excluding carboxylic acids is 1. The van der Waals surface area contributed by atoms with Crippen LogP contribution < -0.4 is 16.5 Å². The summed E-state index contributed by atoms with van der Waals surface area (Å²) in [5, 5.41) is 4.41. The molecule has 0 bridgehead atoms. The third-order valence-electron chi connectivity index (χ3n) is 5.41. The molecule has 0 fully saturated rings. The molecule has 178 valence electrons. The number of pyridine rings is 2. The van der Waals surface area contributed by atoms with Crippen molar-refractivity contribution < 1.29 is 14.4 Å². The molecular weight excluding hydrogens is 442 g/mol. The van der Waals surface area contributed by atoms with E-state index in [1.165, 1.54) is 6.26 Å². The van der Waals surface area contributed by atoms with Crippen molar-refractivity contribution in [3.63, 3.8) is 0 Å². The van der Waals surface area contributed by atoms with Crippen LogP contribution in [0.1, 0.15) is 21.5 Å². The van der Waals surface area contributed by atoms with E-state index in [0.29, 0.717) is 30.2 Å². The number of hydroxylamine groups is 1. The lowest BCUT2D eigenvalue weighted by Crippen LogP contribution is -2.26. The second-order valence-electron chi connectivity index (χ2n) is 7.87. The fraction of sp³-hybridized carbons (Fsp3) is 0.148. The van der Waals surface area contributed by atoms with E-state index in [9.17, 15) is 4.79 Å². The molecule has 0 aliphatic carbocycles. The van der Waals surface area contributed by atoms with Crippen LogP contribution in [-0.4, -0.2) is 29.1 Å². The highest BCUT2D eigenvalue weighted by molar-refractivity contribution is 5.95. The minimum absolute atomic E-state index is 0.218. The summed E-state index contributed by atoms with van der Waals surface area (Å²) in [5.74, 6) is 0.272. The van der Waals surface area contributed by atoms with Gasteiger partial charge in [0.05, 0.1) is 23.2 Å². The first-order valence-corrected chi connectivity index (χ1v) is 11.1. The zero-order chi connectivity index (χ0) is 24.6. The van der Waals surface area contributed by atoms with Gasteiger partial charge in [-0.1, -0.05) is 24.8 Å². The average molecular weight is 470 g/mol. The van der Waals surface area contributed by atoms with Gasteiger partial charge in [-0.25, -0.2) is 10.5 Å². The molecule has 0 aliphatic rings. The van der Waals surface area contributed by atoms with Crippen LogP contribution in [0.4, 0.5) is 11.5 Å². The zero-order valence-corrected chi connectivity index (χ0v) is 19.5. The molecule has 0 saturated heterocycles. The number of fused-ring (bicyclic) bond motifs is 1. The highest BCUT2D eigenvalue weighted by Gasteiger charge is 2.12. The number of ether oxygens (including phenoxy) is 1. The van der Waals surface area contributed by atoms with Crippen LogP contribution in [0.15, 0.2) is 79.7 Å². The molecule has 2 aromatic heterocycles. The monoisotopic (exact) mass is 469 g/mol. The van der Waals surface area contributed by atoms with E-state index in [0.717, 1.165) is 33.3 Å². The maximum atomic E-state index is 12.4. The maximum Gasteiger partial charge on any atom is 0.275 e. The van der Waals surface area contributed by atoms with Crippen molar-refractivity contribution in [2.24, 2.45) is 0 Å². The summed E-state index contributed by atoms with van der Waals surface area (Å²) in [6, 6.07) is 19.3. The van der Waals surface area contributed by atoms with E-state index in [4.69, 9.17) is 20.3 Å². The smallest absolute Gasteiger partial charge is 0.275 e. The summed E-state index contributed by atoms with van der Waals surface area (Å²) in [7, 11) is 0. The number of aryl methyl sites for hydroxylation is 1. The molecule has 2 aromatic carbocycles. The lowest BCUT2D eigenvalue weighted by atomic mass is 10.0. The predicted molar refractivity (Wildman–Crippen MR) is 137 cm³/mol. The number of nitrogens with two attached hydrogens (primary N) is 1. The molecule has 0 saturated carbocycles. The standard InChI is InChI=1S/C27H27N5O3/c1-3-34-13-14-35-32-27(33)22-8-7-21(15-18(22)2)25-11-9-23(28)26(31-25)30-17-19-6-10-24-20(16-19)5-4-12-29-24/h3-12,15-16H,1,13-14,17,28H2,2H3,(H,30,31)(H,32,33). The van der Waals surface area contributed by atoms with Crippen molar-refractivity contribution >= 4 is 28.3 Å². The normalized spacial score (nSPS) is 10.7. The van der Waals surface area contributed by atoms with Gasteiger partial charge in [0.25, 0.3) is 5.91 Å². The summed E-state index contributed by atoms with van der Waals surface area (Å²) in [6.45, 7) is 6.41. The number of rotatable bonds is 10. The molecule has 35 heavy (non-hydrogen) atoms. The Kier molecular flexibility index (Phi) is 7.54. The van der Waals surface area contributed by atoms with Gasteiger partial charge in [0.15, 0.2) is 0 Å². The largest absolute Gasteiger partial charge is 0.499 e. The van der Waals surface area contributed by atoms with Gasteiger partial charge in [-0.15, -0.1) is 0 Å². The van der Waals surface area contributed by atoms with Gasteiger partial charge >= 0.3 is 0 Å². The summed E-state index contributed by atoms with van der Waals surface area (Å²) < 4.78 is 4.95. The number of benzene rings is 2. The topological polar surface area (TPSA) is 111 Å². The fourth-order valence-corrected chi connectivity index (χ4v) is 3.62. The SMILES string of the molecule is C=COCCONC(=O)c1ccc(-c2ccc(N)c(NCc3ccc4ncccc4c3)n2)cc1C. The Morgan fingerprint density at radius 1 is 1.11 bits per heavy atom. The van der Waals surface area contributed by atoms with E-state index in [2.05, 4.69) is 28.4 Å². The molecule has 2 heterocycles. The zero-order valence-electron chi connectivity index (χ0n) is 19.5. The molecule has 0 unspecified atom stereocenters. The molecular formula is C27H27N5O3. The van der Waals surface area contributed by atoms with Crippen molar-refractivity contribution in [2.75, 3.05) is 24.3 Å². The van der Waals surface area contributed by atoms with Gasteiger partial charge in [-0.2, -0.15) is 0 Å². The molecule has 8 nitrogen and oxygen atoms in total. The van der Waals surface area contributed by atoms with Gasteiger partial charge in [0.1, 0.15) is 19.0 Å². The van der Waals surface area contributed by atoms with Gasteiger partial charge in [-0.3, -0.25) is 14.6 Å². The number of carbonyl (C=O) groups is 1. The van der Waals surface area contributed by atoms with E-state index >= 15 is 0 Å². The van der Waals surface area contributed by atoms with Gasteiger partial charge in [0, 0.05) is 29.3 Å². The van der Waals surface area contributed by atoms with Crippen LogP contribution in [0.25, 0.3) is 22.2 Å². The summed E-state index contributed by atoms with van der Waals surface area (Å²) in [5.41, 5.74) is 14.1. The van der Waals surface area contributed by atoms with Gasteiger partial charge in [0.2, 0.25) is 0 Å². The van der Waals surface area contributed by atoms with Crippen molar-refractivity contribution in [1.29, 1.82) is 0 Å². The van der Waals surface area contributed by atoms with Crippen molar-refractivity contribution in [1.82, 2.24) is 15.4 Å². The quantitative estimate of drug-likeness (QED) is 0.176.